The highest BCUT2D eigenvalue weighted by Crippen LogP contribution is 2.62. The summed E-state index contributed by atoms with van der Waals surface area (Å²) in [6.45, 7) is 0. The first-order valence-corrected chi connectivity index (χ1v) is 20.0. The van der Waals surface area contributed by atoms with Crippen LogP contribution in [0.15, 0.2) is 212 Å². The monoisotopic (exact) mass is 723 g/mol. The Balaban J connectivity index is 1.15. The number of rotatable bonds is 3. The minimum Gasteiger partial charge on any atom is -0.310 e. The van der Waals surface area contributed by atoms with E-state index in [1.165, 1.54) is 93.6 Å². The van der Waals surface area contributed by atoms with E-state index in [0.29, 0.717) is 0 Å². The highest BCUT2D eigenvalue weighted by Gasteiger charge is 2.50. The summed E-state index contributed by atoms with van der Waals surface area (Å²) in [4.78, 5) is 2.46. The molecule has 0 aromatic heterocycles. The standard InChI is InChI=1S/C56H37N/c1-2-18-41(19-3-1)57(42-32-31-38-30-29-37-15-4-7-20-43(37)49(38)36-42)54-34-33-53-55-48(54)25-14-28-52(55)56(53)50-26-12-10-23-46(50)44-21-8-5-16-39(44)35-40-17-6-9-22-45(40)47-24-11-13-27-51(47)56/h1-34,36H,35H2. The molecule has 0 aliphatic heterocycles. The second kappa shape index (κ2) is 12.4. The van der Waals surface area contributed by atoms with Gasteiger partial charge in [-0.2, -0.15) is 0 Å². The predicted molar refractivity (Wildman–Crippen MR) is 239 cm³/mol. The van der Waals surface area contributed by atoms with Crippen LogP contribution in [0, 0.1) is 0 Å². The van der Waals surface area contributed by atoms with Crippen molar-refractivity contribution in [3.8, 4) is 22.3 Å². The SMILES string of the molecule is c1ccc(N(c2ccc3ccc4ccccc4c3c2)c2ccc3c4c(cccc24)C32c3ccccc3-c3ccccc3Cc3ccccc3-c3ccccc32)cc1. The van der Waals surface area contributed by atoms with Crippen molar-refractivity contribution < 1.29 is 0 Å². The molecular formula is C56H37N. The molecular weight excluding hydrogens is 687 g/mol. The van der Waals surface area contributed by atoms with Crippen molar-refractivity contribution in [1.82, 2.24) is 0 Å². The third kappa shape index (κ3) is 4.57. The normalized spacial score (nSPS) is 13.3. The van der Waals surface area contributed by atoms with Gasteiger partial charge in [0, 0.05) is 16.8 Å². The van der Waals surface area contributed by atoms with Crippen molar-refractivity contribution in [1.29, 1.82) is 0 Å². The molecule has 0 amide bonds. The van der Waals surface area contributed by atoms with Gasteiger partial charge in [-0.25, -0.2) is 0 Å². The number of hydrogen-bond donors (Lipinski definition) is 0. The molecule has 0 radical (unpaired) electrons. The molecule has 266 valence electrons. The number of anilines is 3. The topological polar surface area (TPSA) is 3.24 Å². The highest BCUT2D eigenvalue weighted by atomic mass is 15.1. The van der Waals surface area contributed by atoms with Crippen molar-refractivity contribution >= 4 is 49.4 Å². The first-order valence-electron chi connectivity index (χ1n) is 20.0. The fourth-order valence-electron chi connectivity index (χ4n) is 10.3. The summed E-state index contributed by atoms with van der Waals surface area (Å²) >= 11 is 0. The van der Waals surface area contributed by atoms with E-state index in [-0.39, 0.29) is 0 Å². The zero-order valence-corrected chi connectivity index (χ0v) is 31.4. The van der Waals surface area contributed by atoms with Gasteiger partial charge in [-0.05, 0) is 119 Å². The van der Waals surface area contributed by atoms with Gasteiger partial charge in [0.15, 0.2) is 0 Å². The van der Waals surface area contributed by atoms with E-state index >= 15 is 0 Å². The molecule has 10 aromatic rings. The van der Waals surface area contributed by atoms with Gasteiger partial charge < -0.3 is 4.90 Å². The second-order valence-electron chi connectivity index (χ2n) is 15.6. The third-order valence-corrected chi connectivity index (χ3v) is 12.7. The molecule has 12 rings (SSSR count). The number of para-hydroxylation sites is 1. The molecule has 1 spiro atoms. The Morgan fingerprint density at radius 1 is 0.333 bits per heavy atom. The van der Waals surface area contributed by atoms with E-state index in [1.54, 1.807) is 0 Å². The zero-order valence-electron chi connectivity index (χ0n) is 31.4. The molecule has 0 fully saturated rings. The molecule has 57 heavy (non-hydrogen) atoms. The van der Waals surface area contributed by atoms with Gasteiger partial charge in [0.1, 0.15) is 0 Å². The van der Waals surface area contributed by atoms with Crippen LogP contribution in [-0.2, 0) is 11.8 Å². The van der Waals surface area contributed by atoms with Crippen molar-refractivity contribution in [3.63, 3.8) is 0 Å². The minimum atomic E-state index is -0.489. The summed E-state index contributed by atoms with van der Waals surface area (Å²) in [6.07, 6.45) is 0.872. The molecule has 2 aliphatic carbocycles. The van der Waals surface area contributed by atoms with E-state index in [9.17, 15) is 0 Å². The Bertz CT molecular complexity index is 3130. The van der Waals surface area contributed by atoms with Crippen LogP contribution >= 0.6 is 0 Å². The van der Waals surface area contributed by atoms with E-state index in [2.05, 4.69) is 217 Å². The maximum Gasteiger partial charge on any atom is 0.0725 e. The molecule has 2 aliphatic rings. The summed E-state index contributed by atoms with van der Waals surface area (Å²) in [5.74, 6) is 0. The van der Waals surface area contributed by atoms with Crippen LogP contribution in [0.5, 0.6) is 0 Å². The molecule has 0 saturated carbocycles. The largest absolute Gasteiger partial charge is 0.310 e. The maximum atomic E-state index is 2.46. The smallest absolute Gasteiger partial charge is 0.0725 e. The summed E-state index contributed by atoms with van der Waals surface area (Å²) in [5.41, 5.74) is 16.2. The first kappa shape index (κ1) is 32.1. The van der Waals surface area contributed by atoms with Crippen LogP contribution in [0.3, 0.4) is 0 Å². The van der Waals surface area contributed by atoms with E-state index in [1.807, 2.05) is 0 Å². The van der Waals surface area contributed by atoms with Gasteiger partial charge in [0.2, 0.25) is 0 Å². The third-order valence-electron chi connectivity index (χ3n) is 12.7. The summed E-state index contributed by atoms with van der Waals surface area (Å²) < 4.78 is 0. The Hall–Kier alpha value is -7.22. The second-order valence-corrected chi connectivity index (χ2v) is 15.6. The maximum absolute atomic E-state index is 2.46. The van der Waals surface area contributed by atoms with Crippen LogP contribution in [0.1, 0.15) is 33.4 Å². The van der Waals surface area contributed by atoms with E-state index in [0.717, 1.165) is 17.8 Å². The number of benzene rings is 10. The van der Waals surface area contributed by atoms with Gasteiger partial charge in [0.05, 0.1) is 11.1 Å². The van der Waals surface area contributed by atoms with Crippen LogP contribution in [0.25, 0.3) is 54.6 Å². The summed E-state index contributed by atoms with van der Waals surface area (Å²) in [6, 6.07) is 79.2. The van der Waals surface area contributed by atoms with Gasteiger partial charge in [-0.3, -0.25) is 0 Å². The van der Waals surface area contributed by atoms with Crippen LogP contribution in [0.2, 0.25) is 0 Å². The lowest BCUT2D eigenvalue weighted by molar-refractivity contribution is 0.726. The van der Waals surface area contributed by atoms with Crippen LogP contribution < -0.4 is 4.90 Å². The summed E-state index contributed by atoms with van der Waals surface area (Å²) in [5, 5.41) is 7.62. The van der Waals surface area contributed by atoms with Crippen molar-refractivity contribution in [2.75, 3.05) is 4.90 Å². The lowest BCUT2D eigenvalue weighted by atomic mass is 9.53. The van der Waals surface area contributed by atoms with Gasteiger partial charge in [-0.15, -0.1) is 0 Å². The highest BCUT2D eigenvalue weighted by molar-refractivity contribution is 6.12. The Kier molecular flexibility index (Phi) is 6.97. The minimum absolute atomic E-state index is 0.489. The molecule has 0 bridgehead atoms. The van der Waals surface area contributed by atoms with Gasteiger partial charge in [0.25, 0.3) is 0 Å². The van der Waals surface area contributed by atoms with Gasteiger partial charge >= 0.3 is 0 Å². The lowest BCUT2D eigenvalue weighted by Gasteiger charge is -2.48. The number of nitrogens with zero attached hydrogens (tertiary/aromatic N) is 1. The Morgan fingerprint density at radius 3 is 1.58 bits per heavy atom. The van der Waals surface area contributed by atoms with E-state index in [4.69, 9.17) is 0 Å². The fraction of sp³-hybridized carbons (Fsp3) is 0.0357. The van der Waals surface area contributed by atoms with Crippen LogP contribution in [-0.4, -0.2) is 0 Å². The Morgan fingerprint density at radius 2 is 0.860 bits per heavy atom. The molecule has 10 aromatic carbocycles. The van der Waals surface area contributed by atoms with Crippen molar-refractivity contribution in [2.24, 2.45) is 0 Å². The molecule has 0 N–H and O–H groups in total. The average molecular weight is 724 g/mol. The first-order chi connectivity index (χ1) is 28.3. The number of hydrogen-bond acceptors (Lipinski definition) is 1. The molecule has 0 heterocycles. The van der Waals surface area contributed by atoms with Gasteiger partial charge in [-0.1, -0.05) is 182 Å². The fourth-order valence-corrected chi connectivity index (χ4v) is 10.3. The number of fused-ring (bicyclic) bond motifs is 13. The van der Waals surface area contributed by atoms with Crippen molar-refractivity contribution in [2.45, 2.75) is 11.8 Å². The predicted octanol–water partition coefficient (Wildman–Crippen LogP) is 14.6. The summed E-state index contributed by atoms with van der Waals surface area (Å²) in [7, 11) is 0. The quantitative estimate of drug-likeness (QED) is 0.164. The zero-order chi connectivity index (χ0) is 37.5. The van der Waals surface area contributed by atoms with E-state index < -0.39 is 5.41 Å². The lowest BCUT2D eigenvalue weighted by Crippen LogP contribution is -2.39. The molecule has 0 atom stereocenters. The van der Waals surface area contributed by atoms with Crippen molar-refractivity contribution in [3.05, 3.63) is 246 Å². The molecule has 1 nitrogen and oxygen atoms in total. The average Bonchev–Trinajstić information content (AvgIpc) is 3.27. The molecule has 1 heteroatoms. The molecule has 0 unspecified atom stereocenters. The molecule has 0 saturated heterocycles. The Labute approximate surface area is 332 Å². The van der Waals surface area contributed by atoms with Crippen LogP contribution in [0.4, 0.5) is 17.1 Å².